The summed E-state index contributed by atoms with van der Waals surface area (Å²) in [6.45, 7) is 1.57. The summed E-state index contributed by atoms with van der Waals surface area (Å²) in [7, 11) is 0. The van der Waals surface area contributed by atoms with Crippen molar-refractivity contribution in [2.24, 2.45) is 0 Å². The van der Waals surface area contributed by atoms with E-state index in [1.54, 1.807) is 12.1 Å². The van der Waals surface area contributed by atoms with E-state index in [2.05, 4.69) is 5.32 Å². The Labute approximate surface area is 165 Å². The molecule has 0 aliphatic carbocycles. The van der Waals surface area contributed by atoms with E-state index in [1.807, 2.05) is 59.5 Å². The highest BCUT2D eigenvalue weighted by molar-refractivity contribution is 6.10. The first-order valence-electron chi connectivity index (χ1n) is 9.91. The molecule has 0 atom stereocenters. The number of nitrogens with one attached hydrogen (secondary N) is 1. The summed E-state index contributed by atoms with van der Waals surface area (Å²) in [5, 5.41) is 5.05. The first-order chi connectivity index (χ1) is 13.7. The summed E-state index contributed by atoms with van der Waals surface area (Å²) in [6.07, 6.45) is 4.42. The number of likely N-dealkylation sites (tertiary alicyclic amines) is 1. The molecule has 1 fully saturated rings. The molecule has 1 heterocycles. The van der Waals surface area contributed by atoms with Crippen LogP contribution in [0.5, 0.6) is 0 Å². The normalized spacial score (nSPS) is 14.5. The van der Waals surface area contributed by atoms with E-state index >= 15 is 0 Å². The molecule has 4 nitrogen and oxygen atoms in total. The molecule has 0 saturated carbocycles. The Morgan fingerprint density at radius 2 is 1.43 bits per heavy atom. The predicted molar refractivity (Wildman–Crippen MR) is 113 cm³/mol. The van der Waals surface area contributed by atoms with Crippen LogP contribution in [0.4, 0.5) is 5.69 Å². The zero-order valence-electron chi connectivity index (χ0n) is 15.9. The number of amides is 2. The van der Waals surface area contributed by atoms with Crippen LogP contribution in [0.1, 0.15) is 46.4 Å². The van der Waals surface area contributed by atoms with Gasteiger partial charge in [-0.15, -0.1) is 0 Å². The zero-order valence-corrected chi connectivity index (χ0v) is 15.9. The highest BCUT2D eigenvalue weighted by Crippen LogP contribution is 2.22. The van der Waals surface area contributed by atoms with Gasteiger partial charge in [-0.05, 0) is 47.9 Å². The fraction of sp³-hybridized carbons (Fsp3) is 0.250. The SMILES string of the molecule is O=C(Nc1ccccc1C(=O)N1CCCCCC1)c1ccc2ccccc2c1. The molecule has 4 rings (SSSR count). The lowest BCUT2D eigenvalue weighted by molar-refractivity contribution is 0.0762. The predicted octanol–water partition coefficient (Wildman–Crippen LogP) is 5.11. The molecule has 0 radical (unpaired) electrons. The lowest BCUT2D eigenvalue weighted by atomic mass is 10.1. The Bertz CT molecular complexity index is 1000. The van der Waals surface area contributed by atoms with E-state index in [0.717, 1.165) is 36.7 Å². The average Bonchev–Trinajstić information content (AvgIpc) is 3.03. The van der Waals surface area contributed by atoms with Crippen molar-refractivity contribution in [2.75, 3.05) is 18.4 Å². The van der Waals surface area contributed by atoms with E-state index in [0.29, 0.717) is 16.8 Å². The maximum absolute atomic E-state index is 13.0. The second-order valence-corrected chi connectivity index (χ2v) is 7.27. The van der Waals surface area contributed by atoms with Crippen molar-refractivity contribution in [1.82, 2.24) is 4.90 Å². The lowest BCUT2D eigenvalue weighted by Crippen LogP contribution is -2.32. The van der Waals surface area contributed by atoms with Crippen molar-refractivity contribution in [3.05, 3.63) is 77.9 Å². The van der Waals surface area contributed by atoms with E-state index in [4.69, 9.17) is 0 Å². The molecule has 142 valence electrons. The van der Waals surface area contributed by atoms with Gasteiger partial charge in [0.25, 0.3) is 11.8 Å². The number of carbonyl (C=O) groups excluding carboxylic acids is 2. The third-order valence-electron chi connectivity index (χ3n) is 5.31. The van der Waals surface area contributed by atoms with Gasteiger partial charge in [-0.3, -0.25) is 9.59 Å². The standard InChI is InChI=1S/C24H24N2O2/c27-23(20-14-13-18-9-3-4-10-19(18)17-20)25-22-12-6-5-11-21(22)24(28)26-15-7-1-2-8-16-26/h3-6,9-14,17H,1-2,7-8,15-16H2,(H,25,27). The van der Waals surface area contributed by atoms with Gasteiger partial charge in [-0.1, -0.05) is 55.3 Å². The maximum atomic E-state index is 13.0. The summed E-state index contributed by atoms with van der Waals surface area (Å²) in [5.74, 6) is -0.210. The van der Waals surface area contributed by atoms with Crippen molar-refractivity contribution < 1.29 is 9.59 Å². The summed E-state index contributed by atoms with van der Waals surface area (Å²) >= 11 is 0. The smallest absolute Gasteiger partial charge is 0.255 e. The van der Waals surface area contributed by atoms with E-state index < -0.39 is 0 Å². The van der Waals surface area contributed by atoms with Crippen LogP contribution in [0.3, 0.4) is 0 Å². The summed E-state index contributed by atoms with van der Waals surface area (Å²) in [4.78, 5) is 27.8. The monoisotopic (exact) mass is 372 g/mol. The van der Waals surface area contributed by atoms with Crippen LogP contribution in [0.25, 0.3) is 10.8 Å². The van der Waals surface area contributed by atoms with E-state index in [1.165, 1.54) is 12.8 Å². The van der Waals surface area contributed by atoms with Crippen LogP contribution in [-0.2, 0) is 0 Å². The third kappa shape index (κ3) is 3.91. The fourth-order valence-electron chi connectivity index (χ4n) is 3.75. The molecule has 1 N–H and O–H groups in total. The van der Waals surface area contributed by atoms with Crippen molar-refractivity contribution in [1.29, 1.82) is 0 Å². The molecule has 4 heteroatoms. The molecular formula is C24H24N2O2. The van der Waals surface area contributed by atoms with Crippen LogP contribution in [0, 0.1) is 0 Å². The molecule has 0 bridgehead atoms. The minimum atomic E-state index is -0.207. The topological polar surface area (TPSA) is 49.4 Å². The molecule has 0 unspecified atom stereocenters. The molecule has 1 aliphatic heterocycles. The van der Waals surface area contributed by atoms with Gasteiger partial charge in [-0.25, -0.2) is 0 Å². The highest BCUT2D eigenvalue weighted by Gasteiger charge is 2.20. The highest BCUT2D eigenvalue weighted by atomic mass is 16.2. The van der Waals surface area contributed by atoms with Crippen molar-refractivity contribution in [3.63, 3.8) is 0 Å². The average molecular weight is 372 g/mol. The first kappa shape index (κ1) is 18.2. The van der Waals surface area contributed by atoms with E-state index in [9.17, 15) is 9.59 Å². The zero-order chi connectivity index (χ0) is 19.3. The van der Waals surface area contributed by atoms with E-state index in [-0.39, 0.29) is 11.8 Å². The Morgan fingerprint density at radius 3 is 2.21 bits per heavy atom. The van der Waals surface area contributed by atoms with Crippen LogP contribution < -0.4 is 5.32 Å². The number of anilines is 1. The number of para-hydroxylation sites is 1. The quantitative estimate of drug-likeness (QED) is 0.695. The number of nitrogens with zero attached hydrogens (tertiary/aromatic N) is 1. The van der Waals surface area contributed by atoms with Gasteiger partial charge in [-0.2, -0.15) is 0 Å². The first-order valence-corrected chi connectivity index (χ1v) is 9.91. The summed E-state index contributed by atoms with van der Waals surface area (Å²) < 4.78 is 0. The van der Waals surface area contributed by atoms with Gasteiger partial charge in [0.05, 0.1) is 11.3 Å². The number of carbonyl (C=O) groups is 2. The molecule has 28 heavy (non-hydrogen) atoms. The summed E-state index contributed by atoms with van der Waals surface area (Å²) in [5.41, 5.74) is 1.70. The molecule has 3 aromatic rings. The Balaban J connectivity index is 1.57. The number of rotatable bonds is 3. The van der Waals surface area contributed by atoms with Gasteiger partial charge in [0.2, 0.25) is 0 Å². The minimum absolute atomic E-state index is 0.00342. The second kappa shape index (κ2) is 8.26. The molecule has 1 aliphatic rings. The number of benzene rings is 3. The Morgan fingerprint density at radius 1 is 0.750 bits per heavy atom. The minimum Gasteiger partial charge on any atom is -0.339 e. The number of fused-ring (bicyclic) bond motifs is 1. The number of hydrogen-bond acceptors (Lipinski definition) is 2. The molecule has 2 amide bonds. The van der Waals surface area contributed by atoms with Crippen molar-refractivity contribution in [2.45, 2.75) is 25.7 Å². The molecule has 0 aromatic heterocycles. The molecule has 1 saturated heterocycles. The van der Waals surface area contributed by atoms with Crippen molar-refractivity contribution >= 4 is 28.3 Å². The van der Waals surface area contributed by atoms with Crippen LogP contribution in [0.2, 0.25) is 0 Å². The summed E-state index contributed by atoms with van der Waals surface area (Å²) in [6, 6.07) is 20.9. The molecule has 0 spiro atoms. The number of hydrogen-bond donors (Lipinski definition) is 1. The van der Waals surface area contributed by atoms with Crippen LogP contribution in [-0.4, -0.2) is 29.8 Å². The largest absolute Gasteiger partial charge is 0.339 e. The van der Waals surface area contributed by atoms with Gasteiger partial charge >= 0.3 is 0 Å². The Kier molecular flexibility index (Phi) is 5.38. The van der Waals surface area contributed by atoms with Gasteiger partial charge < -0.3 is 10.2 Å². The van der Waals surface area contributed by atoms with Crippen molar-refractivity contribution in [3.8, 4) is 0 Å². The fourth-order valence-corrected chi connectivity index (χ4v) is 3.75. The third-order valence-corrected chi connectivity index (χ3v) is 5.31. The van der Waals surface area contributed by atoms with Gasteiger partial charge in [0, 0.05) is 18.7 Å². The maximum Gasteiger partial charge on any atom is 0.255 e. The molecule has 3 aromatic carbocycles. The van der Waals surface area contributed by atoms with Gasteiger partial charge in [0.1, 0.15) is 0 Å². The van der Waals surface area contributed by atoms with Gasteiger partial charge in [0.15, 0.2) is 0 Å². The second-order valence-electron chi connectivity index (χ2n) is 7.27. The molecular weight excluding hydrogens is 348 g/mol. The lowest BCUT2D eigenvalue weighted by Gasteiger charge is -2.22. The van der Waals surface area contributed by atoms with Crippen LogP contribution >= 0.6 is 0 Å². The van der Waals surface area contributed by atoms with Crippen LogP contribution in [0.15, 0.2) is 66.7 Å². The Hall–Kier alpha value is -3.14.